The predicted molar refractivity (Wildman–Crippen MR) is 34.6 cm³/mol. The SMILES string of the molecule is CC(C)(C)/C=C\C(F)(F)F. The molecule has 0 amide bonds. The van der Waals surface area contributed by atoms with Crippen molar-refractivity contribution in [3.8, 4) is 0 Å². The molecule has 0 aliphatic heterocycles. The summed E-state index contributed by atoms with van der Waals surface area (Å²) in [6, 6.07) is 0. The van der Waals surface area contributed by atoms with Gasteiger partial charge < -0.3 is 0 Å². The zero-order valence-electron chi connectivity index (χ0n) is 6.29. The van der Waals surface area contributed by atoms with Crippen LogP contribution in [0.15, 0.2) is 12.2 Å². The first-order valence-electron chi connectivity index (χ1n) is 2.98. The van der Waals surface area contributed by atoms with E-state index in [1.807, 2.05) is 0 Å². The molecule has 60 valence electrons. The van der Waals surface area contributed by atoms with E-state index in [9.17, 15) is 13.2 Å². The van der Waals surface area contributed by atoms with Crippen LogP contribution in [0.5, 0.6) is 0 Å². The van der Waals surface area contributed by atoms with Gasteiger partial charge in [0.15, 0.2) is 0 Å². The molecule has 3 heteroatoms. The minimum atomic E-state index is -4.17. The van der Waals surface area contributed by atoms with E-state index in [1.54, 1.807) is 20.8 Å². The maximum absolute atomic E-state index is 11.5. The summed E-state index contributed by atoms with van der Waals surface area (Å²) in [5.74, 6) is 0. The summed E-state index contributed by atoms with van der Waals surface area (Å²) in [6.45, 7) is 5.15. The van der Waals surface area contributed by atoms with Crippen molar-refractivity contribution >= 4 is 0 Å². The first kappa shape index (κ1) is 9.53. The van der Waals surface area contributed by atoms with Gasteiger partial charge in [0.1, 0.15) is 0 Å². The van der Waals surface area contributed by atoms with Crippen molar-refractivity contribution < 1.29 is 13.2 Å². The molecular weight excluding hydrogens is 141 g/mol. The molecule has 0 aromatic heterocycles. The fourth-order valence-electron chi connectivity index (χ4n) is 0.344. The Balaban J connectivity index is 4.01. The minimum absolute atomic E-state index is 0.271. The lowest BCUT2D eigenvalue weighted by Crippen LogP contribution is -2.06. The smallest absolute Gasteiger partial charge is 0.167 e. The molecule has 0 atom stereocenters. The highest BCUT2D eigenvalue weighted by Gasteiger charge is 2.23. The van der Waals surface area contributed by atoms with Crippen molar-refractivity contribution in [2.45, 2.75) is 26.9 Å². The van der Waals surface area contributed by atoms with Crippen LogP contribution in [-0.2, 0) is 0 Å². The third kappa shape index (κ3) is 7.53. The number of hydrogen-bond donors (Lipinski definition) is 0. The number of rotatable bonds is 0. The maximum Gasteiger partial charge on any atom is 0.409 e. The highest BCUT2D eigenvalue weighted by Crippen LogP contribution is 2.21. The van der Waals surface area contributed by atoms with Crippen LogP contribution in [-0.4, -0.2) is 6.18 Å². The lowest BCUT2D eigenvalue weighted by atomic mass is 9.96. The lowest BCUT2D eigenvalue weighted by molar-refractivity contribution is -0.0804. The molecule has 0 aliphatic rings. The molecule has 0 fully saturated rings. The maximum atomic E-state index is 11.5. The van der Waals surface area contributed by atoms with Crippen molar-refractivity contribution in [1.82, 2.24) is 0 Å². The van der Waals surface area contributed by atoms with Gasteiger partial charge in [-0.15, -0.1) is 0 Å². The summed E-state index contributed by atoms with van der Waals surface area (Å²) in [5.41, 5.74) is -0.393. The van der Waals surface area contributed by atoms with E-state index < -0.39 is 11.6 Å². The molecular formula is C7H11F3. The zero-order valence-corrected chi connectivity index (χ0v) is 6.29. The van der Waals surface area contributed by atoms with Gasteiger partial charge in [0.2, 0.25) is 0 Å². The Labute approximate surface area is 58.7 Å². The van der Waals surface area contributed by atoms with Crippen molar-refractivity contribution in [2.24, 2.45) is 5.41 Å². The van der Waals surface area contributed by atoms with E-state index >= 15 is 0 Å². The molecule has 0 aromatic carbocycles. The summed E-state index contributed by atoms with van der Waals surface area (Å²) in [4.78, 5) is 0. The van der Waals surface area contributed by atoms with Gasteiger partial charge in [-0.25, -0.2) is 0 Å². The Morgan fingerprint density at radius 2 is 1.30 bits per heavy atom. The molecule has 0 nitrogen and oxygen atoms in total. The van der Waals surface area contributed by atoms with Crippen LogP contribution in [0.4, 0.5) is 13.2 Å². The molecule has 0 saturated carbocycles. The summed E-state index contributed by atoms with van der Waals surface area (Å²) >= 11 is 0. The van der Waals surface area contributed by atoms with Crippen molar-refractivity contribution in [2.75, 3.05) is 0 Å². The van der Waals surface area contributed by atoms with Crippen LogP contribution >= 0.6 is 0 Å². The Morgan fingerprint density at radius 1 is 0.900 bits per heavy atom. The highest BCUT2D eigenvalue weighted by molar-refractivity contribution is 4.96. The molecule has 0 bridgehead atoms. The molecule has 0 aliphatic carbocycles. The van der Waals surface area contributed by atoms with E-state index in [0.29, 0.717) is 0 Å². The van der Waals surface area contributed by atoms with E-state index in [0.717, 1.165) is 6.08 Å². The molecule has 0 spiro atoms. The number of halogens is 3. The largest absolute Gasteiger partial charge is 0.409 e. The number of allylic oxidation sites excluding steroid dienone is 2. The van der Waals surface area contributed by atoms with E-state index in [4.69, 9.17) is 0 Å². The quantitative estimate of drug-likeness (QED) is 0.468. The topological polar surface area (TPSA) is 0 Å². The van der Waals surface area contributed by atoms with E-state index in [2.05, 4.69) is 0 Å². The molecule has 0 radical (unpaired) electrons. The van der Waals surface area contributed by atoms with Gasteiger partial charge in [-0.1, -0.05) is 26.8 Å². The molecule has 0 unspecified atom stereocenters. The summed E-state index contributed by atoms with van der Waals surface area (Å²) in [5, 5.41) is 0. The van der Waals surface area contributed by atoms with Crippen LogP contribution in [0.2, 0.25) is 0 Å². The highest BCUT2D eigenvalue weighted by atomic mass is 19.4. The van der Waals surface area contributed by atoms with Gasteiger partial charge in [0.05, 0.1) is 0 Å². The van der Waals surface area contributed by atoms with Gasteiger partial charge in [-0.3, -0.25) is 0 Å². The molecule has 0 heterocycles. The first-order chi connectivity index (χ1) is 4.21. The second kappa shape index (κ2) is 2.64. The third-order valence-electron chi connectivity index (χ3n) is 0.772. The fourth-order valence-corrected chi connectivity index (χ4v) is 0.344. The van der Waals surface area contributed by atoms with Crippen LogP contribution < -0.4 is 0 Å². The number of alkyl halides is 3. The first-order valence-corrected chi connectivity index (χ1v) is 2.98. The van der Waals surface area contributed by atoms with Gasteiger partial charge in [-0.05, 0) is 5.41 Å². The van der Waals surface area contributed by atoms with Crippen LogP contribution in [0, 0.1) is 5.41 Å². The van der Waals surface area contributed by atoms with Crippen LogP contribution in [0.3, 0.4) is 0 Å². The van der Waals surface area contributed by atoms with Crippen molar-refractivity contribution in [3.63, 3.8) is 0 Å². The van der Waals surface area contributed by atoms with E-state index in [1.165, 1.54) is 0 Å². The summed E-state index contributed by atoms with van der Waals surface area (Å²) in [6.07, 6.45) is -2.76. The summed E-state index contributed by atoms with van der Waals surface area (Å²) < 4.78 is 34.5. The Bertz CT molecular complexity index is 109. The van der Waals surface area contributed by atoms with Crippen LogP contribution in [0.1, 0.15) is 20.8 Å². The number of hydrogen-bond acceptors (Lipinski definition) is 0. The standard InChI is InChI=1S/C7H11F3/c1-6(2,3)4-5-7(8,9)10/h4-5H,1-3H3/b5-4-. The van der Waals surface area contributed by atoms with Gasteiger partial charge in [0.25, 0.3) is 0 Å². The second-order valence-corrected chi connectivity index (χ2v) is 3.24. The van der Waals surface area contributed by atoms with Gasteiger partial charge in [0, 0.05) is 6.08 Å². The predicted octanol–water partition coefficient (Wildman–Crippen LogP) is 3.15. The zero-order chi connectivity index (χ0) is 8.41. The monoisotopic (exact) mass is 152 g/mol. The van der Waals surface area contributed by atoms with E-state index in [-0.39, 0.29) is 6.08 Å². The van der Waals surface area contributed by atoms with Gasteiger partial charge >= 0.3 is 6.18 Å². The molecule has 0 saturated heterocycles. The molecule has 0 aromatic rings. The Morgan fingerprint density at radius 3 is 1.40 bits per heavy atom. The fraction of sp³-hybridized carbons (Fsp3) is 0.714. The van der Waals surface area contributed by atoms with Crippen molar-refractivity contribution in [3.05, 3.63) is 12.2 Å². The molecule has 0 N–H and O–H groups in total. The minimum Gasteiger partial charge on any atom is -0.167 e. The molecule has 0 rings (SSSR count). The summed E-state index contributed by atoms with van der Waals surface area (Å²) in [7, 11) is 0. The lowest BCUT2D eigenvalue weighted by Gasteiger charge is -2.11. The third-order valence-corrected chi connectivity index (χ3v) is 0.772. The second-order valence-electron chi connectivity index (χ2n) is 3.24. The Kier molecular flexibility index (Phi) is 2.52. The molecule has 10 heavy (non-hydrogen) atoms. The normalized spacial score (nSPS) is 14.6. The average Bonchev–Trinajstić information content (AvgIpc) is 1.57. The van der Waals surface area contributed by atoms with Crippen LogP contribution in [0.25, 0.3) is 0 Å². The van der Waals surface area contributed by atoms with Gasteiger partial charge in [-0.2, -0.15) is 13.2 Å². The Hall–Kier alpha value is -0.470. The van der Waals surface area contributed by atoms with Crippen molar-refractivity contribution in [1.29, 1.82) is 0 Å². The average molecular weight is 152 g/mol.